The van der Waals surface area contributed by atoms with E-state index in [0.29, 0.717) is 17.0 Å². The van der Waals surface area contributed by atoms with Gasteiger partial charge in [0, 0.05) is 17.2 Å². The monoisotopic (exact) mass is 235 g/mol. The first-order valence-electron chi connectivity index (χ1n) is 6.06. The maximum atomic E-state index is 12.1. The summed E-state index contributed by atoms with van der Waals surface area (Å²) in [5.41, 5.74) is 1.17. The average molecular weight is 235 g/mol. The summed E-state index contributed by atoms with van der Waals surface area (Å²) in [7, 11) is 0. The van der Waals surface area contributed by atoms with Crippen molar-refractivity contribution in [2.75, 3.05) is 0 Å². The third-order valence-electron chi connectivity index (χ3n) is 3.11. The summed E-state index contributed by atoms with van der Waals surface area (Å²) in [6.07, 6.45) is 0.904. The Labute approximate surface area is 103 Å². The van der Waals surface area contributed by atoms with Crippen LogP contribution in [0.15, 0.2) is 18.2 Å². The van der Waals surface area contributed by atoms with Gasteiger partial charge in [0.05, 0.1) is 0 Å². The van der Waals surface area contributed by atoms with Crippen molar-refractivity contribution in [3.63, 3.8) is 0 Å². The number of benzene rings is 1. The Balaban J connectivity index is 2.86. The van der Waals surface area contributed by atoms with E-state index in [1.54, 1.807) is 25.1 Å². The summed E-state index contributed by atoms with van der Waals surface area (Å²) in [6, 6.07) is 5.18. The highest BCUT2D eigenvalue weighted by Crippen LogP contribution is 2.19. The van der Waals surface area contributed by atoms with Crippen LogP contribution in [-0.4, -0.2) is 17.1 Å². The van der Waals surface area contributed by atoms with Crippen molar-refractivity contribution in [2.45, 2.75) is 40.2 Å². The number of hydrogen-bond donors (Lipinski definition) is 2. The van der Waals surface area contributed by atoms with E-state index in [9.17, 15) is 9.90 Å². The lowest BCUT2D eigenvalue weighted by Gasteiger charge is -2.21. The van der Waals surface area contributed by atoms with E-state index in [4.69, 9.17) is 0 Å². The van der Waals surface area contributed by atoms with Crippen LogP contribution < -0.4 is 5.32 Å². The number of phenols is 1. The molecule has 0 saturated carbocycles. The zero-order chi connectivity index (χ0) is 13.0. The highest BCUT2D eigenvalue weighted by atomic mass is 16.3. The number of rotatable bonds is 4. The highest BCUT2D eigenvalue weighted by Gasteiger charge is 2.17. The predicted octanol–water partition coefficient (Wildman–Crippen LogP) is 2.87. The van der Waals surface area contributed by atoms with Crippen molar-refractivity contribution in [2.24, 2.45) is 5.92 Å². The van der Waals surface area contributed by atoms with E-state index in [1.165, 1.54) is 0 Å². The van der Waals surface area contributed by atoms with Crippen molar-refractivity contribution >= 4 is 5.91 Å². The second-order valence-electron chi connectivity index (χ2n) is 4.68. The van der Waals surface area contributed by atoms with Gasteiger partial charge in [-0.15, -0.1) is 0 Å². The Bertz CT molecular complexity index is 399. The second-order valence-corrected chi connectivity index (χ2v) is 4.68. The van der Waals surface area contributed by atoms with Crippen molar-refractivity contribution < 1.29 is 9.90 Å². The molecule has 0 fully saturated rings. The van der Waals surface area contributed by atoms with Gasteiger partial charge in [0.2, 0.25) is 0 Å². The first-order valence-corrected chi connectivity index (χ1v) is 6.06. The molecule has 0 aliphatic rings. The SMILES string of the molecule is CCC(NC(=O)c1cccc(O)c1C)C(C)C. The number of amides is 1. The molecule has 0 aromatic heterocycles. The lowest BCUT2D eigenvalue weighted by molar-refractivity contribution is 0.0923. The molecule has 17 heavy (non-hydrogen) atoms. The Morgan fingerprint density at radius 3 is 2.59 bits per heavy atom. The number of carbonyl (C=O) groups is 1. The van der Waals surface area contributed by atoms with Crippen LogP contribution in [0.5, 0.6) is 5.75 Å². The van der Waals surface area contributed by atoms with Crippen LogP contribution in [0, 0.1) is 12.8 Å². The number of aromatic hydroxyl groups is 1. The molecular weight excluding hydrogens is 214 g/mol. The van der Waals surface area contributed by atoms with Gasteiger partial charge in [-0.3, -0.25) is 4.79 Å². The largest absolute Gasteiger partial charge is 0.508 e. The molecule has 0 aliphatic heterocycles. The number of carbonyl (C=O) groups excluding carboxylic acids is 1. The minimum absolute atomic E-state index is 0.112. The van der Waals surface area contributed by atoms with Gasteiger partial charge >= 0.3 is 0 Å². The smallest absolute Gasteiger partial charge is 0.251 e. The fraction of sp³-hybridized carbons (Fsp3) is 0.500. The summed E-state index contributed by atoms with van der Waals surface area (Å²) < 4.78 is 0. The maximum Gasteiger partial charge on any atom is 0.251 e. The Morgan fingerprint density at radius 1 is 1.41 bits per heavy atom. The first-order chi connectivity index (χ1) is 7.97. The van der Waals surface area contributed by atoms with Crippen molar-refractivity contribution in [3.8, 4) is 5.75 Å². The standard InChI is InChI=1S/C14H21NO2/c1-5-12(9(2)3)15-14(17)11-7-6-8-13(16)10(11)4/h6-9,12,16H,5H2,1-4H3,(H,15,17). The predicted molar refractivity (Wildman–Crippen MR) is 69.2 cm³/mol. The Morgan fingerprint density at radius 2 is 2.06 bits per heavy atom. The minimum Gasteiger partial charge on any atom is -0.508 e. The van der Waals surface area contributed by atoms with E-state index in [0.717, 1.165) is 6.42 Å². The number of nitrogens with one attached hydrogen (secondary N) is 1. The molecule has 3 nitrogen and oxygen atoms in total. The fourth-order valence-electron chi connectivity index (χ4n) is 1.86. The molecule has 0 heterocycles. The van der Waals surface area contributed by atoms with Crippen LogP contribution in [0.3, 0.4) is 0 Å². The Kier molecular flexibility index (Phi) is 4.55. The molecule has 1 aromatic rings. The summed E-state index contributed by atoms with van der Waals surface area (Å²) in [5, 5.41) is 12.6. The van der Waals surface area contributed by atoms with Crippen LogP contribution in [0.4, 0.5) is 0 Å². The molecule has 2 N–H and O–H groups in total. The van der Waals surface area contributed by atoms with E-state index >= 15 is 0 Å². The van der Waals surface area contributed by atoms with Crippen molar-refractivity contribution in [1.29, 1.82) is 0 Å². The summed E-state index contributed by atoms with van der Waals surface area (Å²) in [4.78, 5) is 12.1. The normalized spacial score (nSPS) is 12.5. The lowest BCUT2D eigenvalue weighted by Crippen LogP contribution is -2.38. The van der Waals surface area contributed by atoms with Gasteiger partial charge in [-0.25, -0.2) is 0 Å². The summed E-state index contributed by atoms with van der Waals surface area (Å²) >= 11 is 0. The fourth-order valence-corrected chi connectivity index (χ4v) is 1.86. The van der Waals surface area contributed by atoms with Crippen LogP contribution >= 0.6 is 0 Å². The van der Waals surface area contributed by atoms with Crippen LogP contribution in [0.2, 0.25) is 0 Å². The first kappa shape index (κ1) is 13.6. The van der Waals surface area contributed by atoms with E-state index in [-0.39, 0.29) is 17.7 Å². The number of hydrogen-bond acceptors (Lipinski definition) is 2. The van der Waals surface area contributed by atoms with Crippen LogP contribution in [-0.2, 0) is 0 Å². The molecule has 1 aromatic carbocycles. The molecule has 1 unspecified atom stereocenters. The lowest BCUT2D eigenvalue weighted by atomic mass is 10.0. The molecular formula is C14H21NO2. The van der Waals surface area contributed by atoms with Crippen molar-refractivity contribution in [3.05, 3.63) is 29.3 Å². The van der Waals surface area contributed by atoms with E-state index < -0.39 is 0 Å². The topological polar surface area (TPSA) is 49.3 Å². The van der Waals surface area contributed by atoms with Crippen LogP contribution in [0.1, 0.15) is 43.1 Å². The third kappa shape index (κ3) is 3.22. The molecule has 0 spiro atoms. The summed E-state index contributed by atoms with van der Waals surface area (Å²) in [5.74, 6) is 0.454. The molecule has 1 atom stereocenters. The molecule has 0 bridgehead atoms. The molecule has 0 saturated heterocycles. The molecule has 0 aliphatic carbocycles. The van der Waals surface area contributed by atoms with Gasteiger partial charge in [-0.05, 0) is 31.4 Å². The molecule has 0 radical (unpaired) electrons. The van der Waals surface area contributed by atoms with Gasteiger partial charge in [0.1, 0.15) is 5.75 Å². The Hall–Kier alpha value is -1.51. The minimum atomic E-state index is -0.112. The maximum absolute atomic E-state index is 12.1. The van der Waals surface area contributed by atoms with Gasteiger partial charge in [-0.2, -0.15) is 0 Å². The van der Waals surface area contributed by atoms with Gasteiger partial charge in [0.25, 0.3) is 5.91 Å². The van der Waals surface area contributed by atoms with Crippen LogP contribution in [0.25, 0.3) is 0 Å². The van der Waals surface area contributed by atoms with Gasteiger partial charge < -0.3 is 10.4 Å². The van der Waals surface area contributed by atoms with E-state index in [2.05, 4.69) is 26.1 Å². The molecule has 94 valence electrons. The molecule has 3 heteroatoms. The quantitative estimate of drug-likeness (QED) is 0.843. The van der Waals surface area contributed by atoms with Crippen molar-refractivity contribution in [1.82, 2.24) is 5.32 Å². The highest BCUT2D eigenvalue weighted by molar-refractivity contribution is 5.96. The molecule has 1 amide bonds. The summed E-state index contributed by atoms with van der Waals surface area (Å²) in [6.45, 7) is 7.98. The molecule has 1 rings (SSSR count). The zero-order valence-electron chi connectivity index (χ0n) is 10.9. The second kappa shape index (κ2) is 5.71. The zero-order valence-corrected chi connectivity index (χ0v) is 10.9. The number of phenolic OH excluding ortho intramolecular Hbond substituents is 1. The van der Waals surface area contributed by atoms with E-state index in [1.807, 2.05) is 0 Å². The third-order valence-corrected chi connectivity index (χ3v) is 3.11. The van der Waals surface area contributed by atoms with Gasteiger partial charge in [-0.1, -0.05) is 26.8 Å². The average Bonchev–Trinajstić information content (AvgIpc) is 2.28. The van der Waals surface area contributed by atoms with Gasteiger partial charge in [0.15, 0.2) is 0 Å².